The Hall–Kier alpha value is -3.12. The molecule has 0 aliphatic rings. The van der Waals surface area contributed by atoms with Crippen molar-refractivity contribution in [1.29, 1.82) is 5.26 Å². The molecular weight excluding hydrogens is 272 g/mol. The third-order valence-corrected chi connectivity index (χ3v) is 1.71. The summed E-state index contributed by atoms with van der Waals surface area (Å²) in [6, 6.07) is 11.7. The highest BCUT2D eigenvalue weighted by atomic mass is 16.1. The fraction of sp³-hybridized carbons (Fsp3) is 0.0526. The molecule has 0 aromatic heterocycles. The lowest BCUT2D eigenvalue weighted by molar-refractivity contribution is -0.114. The van der Waals surface area contributed by atoms with Crippen molar-refractivity contribution in [2.75, 3.05) is 0 Å². The highest BCUT2D eigenvalue weighted by Crippen LogP contribution is 1.97. The van der Waals surface area contributed by atoms with Crippen molar-refractivity contribution in [2.24, 2.45) is 5.73 Å². The second kappa shape index (κ2) is 20.2. The molecule has 2 N–H and O–H groups in total. The van der Waals surface area contributed by atoms with Gasteiger partial charge in [0.05, 0.1) is 6.07 Å². The van der Waals surface area contributed by atoms with Crippen LogP contribution < -0.4 is 5.73 Å². The van der Waals surface area contributed by atoms with Crippen molar-refractivity contribution in [3.63, 3.8) is 0 Å². The molecule has 0 bridgehead atoms. The van der Waals surface area contributed by atoms with Crippen molar-refractivity contribution in [3.8, 4) is 6.07 Å². The number of nitriles is 1. The lowest BCUT2D eigenvalue weighted by Crippen LogP contribution is -2.10. The first-order valence-electron chi connectivity index (χ1n) is 6.27. The Labute approximate surface area is 134 Å². The molecule has 0 radical (unpaired) electrons. The van der Waals surface area contributed by atoms with Gasteiger partial charge in [0, 0.05) is 11.6 Å². The van der Waals surface area contributed by atoms with E-state index < -0.39 is 5.91 Å². The minimum atomic E-state index is -0.435. The van der Waals surface area contributed by atoms with Gasteiger partial charge in [-0.15, -0.1) is 0 Å². The molecule has 3 nitrogen and oxygen atoms in total. The summed E-state index contributed by atoms with van der Waals surface area (Å²) in [5.74, 6) is -0.435. The summed E-state index contributed by atoms with van der Waals surface area (Å²) in [6.45, 7) is 18.3. The van der Waals surface area contributed by atoms with Crippen molar-refractivity contribution in [3.05, 3.63) is 92.6 Å². The molecule has 0 saturated heterocycles. The molecule has 0 unspecified atom stereocenters. The highest BCUT2D eigenvalue weighted by molar-refractivity contribution is 5.90. The van der Waals surface area contributed by atoms with Crippen LogP contribution in [0.2, 0.25) is 0 Å². The van der Waals surface area contributed by atoms with Crippen molar-refractivity contribution < 1.29 is 4.79 Å². The normalized spacial score (nSPS) is 6.73. The Morgan fingerprint density at radius 2 is 1.50 bits per heavy atom. The third-order valence-electron chi connectivity index (χ3n) is 1.71. The quantitative estimate of drug-likeness (QED) is 0.509. The maximum atomic E-state index is 9.82. The molecular formula is C19H24N2O. The first-order chi connectivity index (χ1) is 10.4. The molecule has 0 fully saturated rings. The Morgan fingerprint density at radius 3 is 1.64 bits per heavy atom. The summed E-state index contributed by atoms with van der Waals surface area (Å²) in [4.78, 5) is 9.82. The van der Waals surface area contributed by atoms with Crippen LogP contribution in [0.4, 0.5) is 0 Å². The number of benzene rings is 1. The van der Waals surface area contributed by atoms with Gasteiger partial charge < -0.3 is 5.73 Å². The fourth-order valence-electron chi connectivity index (χ4n) is 0.589. The number of nitrogens with zero attached hydrogens (tertiary/aromatic N) is 1. The molecule has 1 amide bonds. The van der Waals surface area contributed by atoms with E-state index in [0.717, 1.165) is 0 Å². The predicted octanol–water partition coefficient (Wildman–Crippen LogP) is 4.43. The molecule has 0 aliphatic carbocycles. The summed E-state index contributed by atoms with van der Waals surface area (Å²) in [5, 5.41) is 7.51. The molecule has 0 spiro atoms. The number of carbonyl (C=O) groups excluding carboxylic acids is 1. The summed E-state index contributed by atoms with van der Waals surface area (Å²) in [7, 11) is 0. The van der Waals surface area contributed by atoms with Crippen molar-refractivity contribution in [2.45, 2.75) is 6.92 Å². The van der Waals surface area contributed by atoms with Crippen LogP contribution in [0.5, 0.6) is 0 Å². The molecule has 1 aromatic carbocycles. The second-order valence-electron chi connectivity index (χ2n) is 3.56. The number of allylic oxidation sites excluding steroid dienone is 3. The lowest BCUT2D eigenvalue weighted by atomic mass is 10.2. The Kier molecular flexibility index (Phi) is 22.0. The smallest absolute Gasteiger partial charge is 0.243 e. The number of carbonyl (C=O) groups is 1. The zero-order chi connectivity index (χ0) is 17.8. The SMILES string of the molecule is C=C(C)C(N)=O.C=CC#N.C=CC=C.C=Cc1ccccc1. The van der Waals surface area contributed by atoms with E-state index in [9.17, 15) is 4.79 Å². The molecule has 0 atom stereocenters. The number of hydrogen-bond acceptors (Lipinski definition) is 2. The first-order valence-corrected chi connectivity index (χ1v) is 6.27. The molecule has 0 heterocycles. The second-order valence-corrected chi connectivity index (χ2v) is 3.56. The van der Waals surface area contributed by atoms with Gasteiger partial charge in [0.2, 0.25) is 5.91 Å². The molecule has 1 aromatic rings. The standard InChI is InChI=1S/C8H8.C4H7NO.C4H6.C3H3N/c1-2-8-6-4-3-5-7-8;1-3(2)4(5)6;1-3-4-2;1-2-3-4/h2-7H,1H2;1H2,2H3,(H2,5,6);3-4H,1-2H2;2H,1H2. The van der Waals surface area contributed by atoms with E-state index in [-0.39, 0.29) is 0 Å². The van der Waals surface area contributed by atoms with E-state index in [1.54, 1.807) is 25.1 Å². The minimum absolute atomic E-state index is 0.398. The minimum Gasteiger partial charge on any atom is -0.366 e. The Balaban J connectivity index is -0.000000231. The Morgan fingerprint density at radius 1 is 1.14 bits per heavy atom. The average Bonchev–Trinajstić information content (AvgIpc) is 2.56. The van der Waals surface area contributed by atoms with Gasteiger partial charge in [0.25, 0.3) is 0 Å². The van der Waals surface area contributed by atoms with Crippen LogP contribution in [0.15, 0.2) is 87.0 Å². The number of primary amides is 1. The average molecular weight is 296 g/mol. The van der Waals surface area contributed by atoms with Gasteiger partial charge in [-0.1, -0.05) is 81.5 Å². The highest BCUT2D eigenvalue weighted by Gasteiger charge is 1.86. The van der Waals surface area contributed by atoms with E-state index >= 15 is 0 Å². The van der Waals surface area contributed by atoms with Gasteiger partial charge in [-0.3, -0.25) is 4.79 Å². The summed E-state index contributed by atoms with van der Waals surface area (Å²) >= 11 is 0. The molecule has 3 heteroatoms. The molecule has 22 heavy (non-hydrogen) atoms. The zero-order valence-electron chi connectivity index (χ0n) is 13.2. The van der Waals surface area contributed by atoms with Crippen LogP contribution in [0, 0.1) is 11.3 Å². The van der Waals surface area contributed by atoms with Crippen molar-refractivity contribution >= 4 is 12.0 Å². The van der Waals surface area contributed by atoms with Gasteiger partial charge >= 0.3 is 0 Å². The lowest BCUT2D eigenvalue weighted by Gasteiger charge is -1.85. The number of hydrogen-bond donors (Lipinski definition) is 1. The van der Waals surface area contributed by atoms with Crippen molar-refractivity contribution in [1.82, 2.24) is 0 Å². The van der Waals surface area contributed by atoms with E-state index in [0.29, 0.717) is 5.57 Å². The van der Waals surface area contributed by atoms with E-state index in [4.69, 9.17) is 11.0 Å². The summed E-state index contributed by atoms with van der Waals surface area (Å²) in [5.41, 5.74) is 6.27. The fourth-order valence-corrected chi connectivity index (χ4v) is 0.589. The first kappa shape index (κ1) is 23.9. The van der Waals surface area contributed by atoms with E-state index in [1.807, 2.05) is 36.4 Å². The van der Waals surface area contributed by atoms with Gasteiger partial charge in [-0.05, 0) is 12.5 Å². The molecule has 1 rings (SSSR count). The summed E-state index contributed by atoms with van der Waals surface area (Å²) in [6.07, 6.45) is 6.29. The van der Waals surface area contributed by atoms with Gasteiger partial charge in [0.1, 0.15) is 0 Å². The van der Waals surface area contributed by atoms with Gasteiger partial charge in [0.15, 0.2) is 0 Å². The van der Waals surface area contributed by atoms with Crippen LogP contribution in [-0.4, -0.2) is 5.91 Å². The number of amides is 1. The van der Waals surface area contributed by atoms with E-state index in [2.05, 4.69) is 32.9 Å². The maximum absolute atomic E-state index is 9.82. The van der Waals surface area contributed by atoms with Crippen LogP contribution in [0.1, 0.15) is 12.5 Å². The van der Waals surface area contributed by atoms with Crippen LogP contribution in [-0.2, 0) is 4.79 Å². The third kappa shape index (κ3) is 25.7. The van der Waals surface area contributed by atoms with Gasteiger partial charge in [-0.25, -0.2) is 0 Å². The van der Waals surface area contributed by atoms with Gasteiger partial charge in [-0.2, -0.15) is 5.26 Å². The topological polar surface area (TPSA) is 66.9 Å². The molecule has 116 valence electrons. The number of nitrogens with two attached hydrogens (primary N) is 1. The maximum Gasteiger partial charge on any atom is 0.243 e. The Bertz CT molecular complexity index is 490. The van der Waals surface area contributed by atoms with Crippen LogP contribution in [0.25, 0.3) is 6.08 Å². The number of rotatable bonds is 3. The van der Waals surface area contributed by atoms with E-state index in [1.165, 1.54) is 11.6 Å². The predicted molar refractivity (Wildman–Crippen MR) is 96.7 cm³/mol. The molecule has 0 aliphatic heterocycles. The zero-order valence-corrected chi connectivity index (χ0v) is 13.2. The molecule has 0 saturated carbocycles. The monoisotopic (exact) mass is 296 g/mol. The summed E-state index contributed by atoms with van der Waals surface area (Å²) < 4.78 is 0. The van der Waals surface area contributed by atoms with Crippen LogP contribution >= 0.6 is 0 Å². The largest absolute Gasteiger partial charge is 0.366 e. The van der Waals surface area contributed by atoms with Crippen LogP contribution in [0.3, 0.4) is 0 Å².